The SMILES string of the molecule is CC(NCC(c1cccs1)N1CCOCC1)C(=O)Nc1ccc(Cl)cc1Cl. The van der Waals surface area contributed by atoms with E-state index in [0.717, 1.165) is 26.3 Å². The van der Waals surface area contributed by atoms with E-state index in [1.165, 1.54) is 4.88 Å². The van der Waals surface area contributed by atoms with Gasteiger partial charge in [0.05, 0.1) is 36.0 Å². The van der Waals surface area contributed by atoms with Crippen LogP contribution in [0.4, 0.5) is 5.69 Å². The zero-order chi connectivity index (χ0) is 19.2. The molecule has 0 spiro atoms. The molecule has 1 saturated heterocycles. The van der Waals surface area contributed by atoms with E-state index >= 15 is 0 Å². The molecule has 2 aromatic rings. The van der Waals surface area contributed by atoms with Crippen LogP contribution in [-0.4, -0.2) is 49.7 Å². The first-order chi connectivity index (χ1) is 13.0. The van der Waals surface area contributed by atoms with Crippen molar-refractivity contribution in [3.05, 3.63) is 50.6 Å². The smallest absolute Gasteiger partial charge is 0.241 e. The van der Waals surface area contributed by atoms with Crippen LogP contribution in [0.5, 0.6) is 0 Å². The maximum atomic E-state index is 12.5. The molecule has 2 atom stereocenters. The lowest BCUT2D eigenvalue weighted by atomic mass is 10.1. The van der Waals surface area contributed by atoms with Crippen LogP contribution in [0.2, 0.25) is 10.0 Å². The maximum Gasteiger partial charge on any atom is 0.241 e. The van der Waals surface area contributed by atoms with E-state index in [1.54, 1.807) is 29.5 Å². The van der Waals surface area contributed by atoms with Crippen molar-refractivity contribution in [3.8, 4) is 0 Å². The van der Waals surface area contributed by atoms with Gasteiger partial charge in [-0.2, -0.15) is 0 Å². The van der Waals surface area contributed by atoms with E-state index in [-0.39, 0.29) is 18.0 Å². The number of carbonyl (C=O) groups excluding carboxylic acids is 1. The number of anilines is 1. The molecule has 1 aromatic heterocycles. The molecule has 1 amide bonds. The Morgan fingerprint density at radius 2 is 2.07 bits per heavy atom. The van der Waals surface area contributed by atoms with Crippen LogP contribution in [-0.2, 0) is 9.53 Å². The quantitative estimate of drug-likeness (QED) is 0.699. The molecule has 3 rings (SSSR count). The predicted octanol–water partition coefficient (Wildman–Crippen LogP) is 4.05. The Morgan fingerprint density at radius 1 is 1.30 bits per heavy atom. The molecule has 27 heavy (non-hydrogen) atoms. The van der Waals surface area contributed by atoms with E-state index in [0.29, 0.717) is 22.3 Å². The summed E-state index contributed by atoms with van der Waals surface area (Å²) in [6, 6.07) is 9.09. The lowest BCUT2D eigenvalue weighted by Crippen LogP contribution is -2.46. The Hall–Kier alpha value is -1.15. The van der Waals surface area contributed by atoms with Crippen molar-refractivity contribution in [1.82, 2.24) is 10.2 Å². The summed E-state index contributed by atoms with van der Waals surface area (Å²) in [6.45, 7) is 5.81. The Balaban J connectivity index is 1.59. The number of morpholine rings is 1. The van der Waals surface area contributed by atoms with Gasteiger partial charge in [-0.15, -0.1) is 11.3 Å². The fourth-order valence-corrected chi connectivity index (χ4v) is 4.31. The summed E-state index contributed by atoms with van der Waals surface area (Å²) >= 11 is 13.8. The molecule has 0 radical (unpaired) electrons. The number of hydrogen-bond acceptors (Lipinski definition) is 5. The Bertz CT molecular complexity index is 751. The molecule has 1 aliphatic heterocycles. The number of thiophene rings is 1. The number of ether oxygens (including phenoxy) is 1. The highest BCUT2D eigenvalue weighted by Crippen LogP contribution is 2.27. The van der Waals surface area contributed by atoms with Crippen molar-refractivity contribution in [1.29, 1.82) is 0 Å². The molecule has 2 N–H and O–H groups in total. The number of benzene rings is 1. The first-order valence-corrected chi connectivity index (χ1v) is 10.5. The summed E-state index contributed by atoms with van der Waals surface area (Å²) in [5.74, 6) is -0.133. The standard InChI is InChI=1S/C19H23Cl2N3O2S/c1-13(19(25)23-16-5-4-14(20)11-15(16)21)22-12-17(18-3-2-10-27-18)24-6-8-26-9-7-24/h2-5,10-11,13,17,22H,6-9,12H2,1H3,(H,23,25). The van der Waals surface area contributed by atoms with Gasteiger partial charge in [-0.3, -0.25) is 9.69 Å². The number of hydrogen-bond donors (Lipinski definition) is 2. The van der Waals surface area contributed by atoms with Crippen LogP contribution in [0.3, 0.4) is 0 Å². The van der Waals surface area contributed by atoms with Crippen molar-refractivity contribution in [2.75, 3.05) is 38.2 Å². The van der Waals surface area contributed by atoms with Crippen molar-refractivity contribution >= 4 is 46.1 Å². The highest BCUT2D eigenvalue weighted by molar-refractivity contribution is 7.10. The average Bonchev–Trinajstić information content (AvgIpc) is 3.19. The fraction of sp³-hybridized carbons (Fsp3) is 0.421. The molecule has 0 bridgehead atoms. The summed E-state index contributed by atoms with van der Waals surface area (Å²) < 4.78 is 5.47. The topological polar surface area (TPSA) is 53.6 Å². The minimum absolute atomic E-state index is 0.133. The van der Waals surface area contributed by atoms with E-state index in [9.17, 15) is 4.79 Å². The van der Waals surface area contributed by atoms with E-state index in [2.05, 4.69) is 33.0 Å². The van der Waals surface area contributed by atoms with Gasteiger partial charge in [-0.05, 0) is 36.6 Å². The third-order valence-corrected chi connectivity index (χ3v) is 6.08. The highest BCUT2D eigenvalue weighted by atomic mass is 35.5. The average molecular weight is 428 g/mol. The molecular weight excluding hydrogens is 405 g/mol. The number of amides is 1. The summed E-state index contributed by atoms with van der Waals surface area (Å²) in [4.78, 5) is 16.2. The second-order valence-corrected chi connectivity index (χ2v) is 8.25. The van der Waals surface area contributed by atoms with Gasteiger partial charge in [0.15, 0.2) is 0 Å². The molecule has 2 heterocycles. The Labute approximate surface area is 173 Å². The Morgan fingerprint density at radius 3 is 2.74 bits per heavy atom. The van der Waals surface area contributed by atoms with Crippen molar-refractivity contribution in [2.45, 2.75) is 19.0 Å². The van der Waals surface area contributed by atoms with E-state index < -0.39 is 0 Å². The highest BCUT2D eigenvalue weighted by Gasteiger charge is 2.25. The van der Waals surface area contributed by atoms with Gasteiger partial charge in [0.25, 0.3) is 0 Å². The summed E-state index contributed by atoms with van der Waals surface area (Å²) in [7, 11) is 0. The van der Waals surface area contributed by atoms with Gasteiger partial charge < -0.3 is 15.4 Å². The molecule has 1 fully saturated rings. The summed E-state index contributed by atoms with van der Waals surface area (Å²) in [6.07, 6.45) is 0. The second kappa shape index (κ2) is 9.87. The van der Waals surface area contributed by atoms with Gasteiger partial charge in [0, 0.05) is 29.5 Å². The third-order valence-electron chi connectivity index (χ3n) is 4.56. The summed E-state index contributed by atoms with van der Waals surface area (Å²) in [5, 5.41) is 9.26. The third kappa shape index (κ3) is 5.67. The molecule has 146 valence electrons. The molecular formula is C19H23Cl2N3O2S. The first-order valence-electron chi connectivity index (χ1n) is 8.89. The van der Waals surface area contributed by atoms with Crippen LogP contribution < -0.4 is 10.6 Å². The monoisotopic (exact) mass is 427 g/mol. The van der Waals surface area contributed by atoms with Crippen LogP contribution in [0.25, 0.3) is 0 Å². The minimum atomic E-state index is -0.361. The Kier molecular flexibility index (Phi) is 7.52. The zero-order valence-electron chi connectivity index (χ0n) is 15.1. The van der Waals surface area contributed by atoms with Gasteiger partial charge >= 0.3 is 0 Å². The van der Waals surface area contributed by atoms with E-state index in [1.807, 2.05) is 6.92 Å². The van der Waals surface area contributed by atoms with Crippen LogP contribution in [0, 0.1) is 0 Å². The number of carbonyl (C=O) groups is 1. The first kappa shape index (κ1) is 20.6. The number of halogens is 2. The van der Waals surface area contributed by atoms with Gasteiger partial charge in [-0.25, -0.2) is 0 Å². The molecule has 1 aliphatic rings. The molecule has 0 aliphatic carbocycles. The largest absolute Gasteiger partial charge is 0.379 e. The number of nitrogens with zero attached hydrogens (tertiary/aromatic N) is 1. The van der Waals surface area contributed by atoms with Crippen LogP contribution >= 0.6 is 34.5 Å². The van der Waals surface area contributed by atoms with E-state index in [4.69, 9.17) is 27.9 Å². The lowest BCUT2D eigenvalue weighted by Gasteiger charge is -2.34. The summed E-state index contributed by atoms with van der Waals surface area (Å²) in [5.41, 5.74) is 0.558. The van der Waals surface area contributed by atoms with Crippen molar-refractivity contribution < 1.29 is 9.53 Å². The molecule has 0 saturated carbocycles. The second-order valence-electron chi connectivity index (χ2n) is 6.42. The maximum absolute atomic E-state index is 12.5. The molecule has 8 heteroatoms. The molecule has 2 unspecified atom stereocenters. The van der Waals surface area contributed by atoms with Crippen molar-refractivity contribution in [3.63, 3.8) is 0 Å². The van der Waals surface area contributed by atoms with Crippen LogP contribution in [0.15, 0.2) is 35.7 Å². The van der Waals surface area contributed by atoms with Gasteiger partial charge in [-0.1, -0.05) is 29.3 Å². The fourth-order valence-electron chi connectivity index (χ4n) is 2.99. The number of rotatable bonds is 7. The number of nitrogens with one attached hydrogen (secondary N) is 2. The molecule has 1 aromatic carbocycles. The predicted molar refractivity (Wildman–Crippen MR) is 112 cm³/mol. The van der Waals surface area contributed by atoms with Gasteiger partial charge in [0.1, 0.15) is 0 Å². The minimum Gasteiger partial charge on any atom is -0.379 e. The van der Waals surface area contributed by atoms with Crippen molar-refractivity contribution in [2.24, 2.45) is 0 Å². The normalized spacial score (nSPS) is 17.4. The zero-order valence-corrected chi connectivity index (χ0v) is 17.4. The lowest BCUT2D eigenvalue weighted by molar-refractivity contribution is -0.117. The van der Waals surface area contributed by atoms with Gasteiger partial charge in [0.2, 0.25) is 5.91 Å². The molecule has 5 nitrogen and oxygen atoms in total. The van der Waals surface area contributed by atoms with Crippen LogP contribution in [0.1, 0.15) is 17.8 Å².